The molecular formula is C15H9Cl2NO3. The number of rotatable bonds is 3. The van der Waals surface area contributed by atoms with E-state index < -0.39 is 5.97 Å². The summed E-state index contributed by atoms with van der Waals surface area (Å²) in [5.41, 5.74) is 0.909. The summed E-state index contributed by atoms with van der Waals surface area (Å²) in [7, 11) is 0. The summed E-state index contributed by atoms with van der Waals surface area (Å²) in [6.07, 6.45) is 0. The molecule has 0 aliphatic rings. The zero-order valence-corrected chi connectivity index (χ0v) is 12.2. The van der Waals surface area contributed by atoms with Gasteiger partial charge in [-0.25, -0.2) is 9.78 Å². The number of esters is 1. The second kappa shape index (κ2) is 5.76. The molecule has 2 heterocycles. The number of carbonyl (C=O) groups excluding carboxylic acids is 1. The number of nitrogens with zero attached hydrogens (tertiary/aromatic N) is 1. The Labute approximate surface area is 130 Å². The molecule has 106 valence electrons. The van der Waals surface area contributed by atoms with Crippen LogP contribution in [0.15, 0.2) is 46.9 Å². The van der Waals surface area contributed by atoms with Crippen molar-refractivity contribution in [3.8, 4) is 0 Å². The number of pyridine rings is 1. The van der Waals surface area contributed by atoms with Crippen molar-refractivity contribution < 1.29 is 13.9 Å². The fraction of sp³-hybridized carbons (Fsp3) is 0.0667. The summed E-state index contributed by atoms with van der Waals surface area (Å²) in [5.74, 6) is -0.0211. The van der Waals surface area contributed by atoms with Gasteiger partial charge in [-0.2, -0.15) is 0 Å². The molecule has 0 amide bonds. The number of halogens is 2. The second-order valence-corrected chi connectivity index (χ2v) is 5.04. The van der Waals surface area contributed by atoms with Crippen molar-refractivity contribution in [2.24, 2.45) is 0 Å². The Hall–Kier alpha value is -2.04. The third kappa shape index (κ3) is 3.01. The molecule has 0 radical (unpaired) electrons. The van der Waals surface area contributed by atoms with E-state index in [0.717, 1.165) is 11.0 Å². The molecule has 0 spiro atoms. The molecule has 0 atom stereocenters. The van der Waals surface area contributed by atoms with Crippen LogP contribution in [-0.4, -0.2) is 11.0 Å². The summed E-state index contributed by atoms with van der Waals surface area (Å²) in [6, 6.07) is 12.3. The molecule has 0 aliphatic carbocycles. The first-order valence-electron chi connectivity index (χ1n) is 6.10. The molecule has 1 aromatic carbocycles. The van der Waals surface area contributed by atoms with Crippen molar-refractivity contribution in [1.29, 1.82) is 0 Å². The molecule has 3 aromatic rings. The Morgan fingerprint density at radius 2 is 2.00 bits per heavy atom. The Bertz CT molecular complexity index is 781. The fourth-order valence-electron chi connectivity index (χ4n) is 1.89. The van der Waals surface area contributed by atoms with E-state index in [-0.39, 0.29) is 22.5 Å². The minimum Gasteiger partial charge on any atom is -0.457 e. The molecule has 0 unspecified atom stereocenters. The standard InChI is InChI=1S/C15H9Cl2NO3/c16-13-6-5-11(14(17)18-13)15(19)20-8-10-7-9-3-1-2-4-12(9)21-10/h1-7H,8H2. The van der Waals surface area contributed by atoms with E-state index in [1.54, 1.807) is 0 Å². The van der Waals surface area contributed by atoms with Crippen LogP contribution in [-0.2, 0) is 11.3 Å². The molecule has 0 bridgehead atoms. The summed E-state index contributed by atoms with van der Waals surface area (Å²) in [4.78, 5) is 15.7. The van der Waals surface area contributed by atoms with Gasteiger partial charge >= 0.3 is 5.97 Å². The molecule has 6 heteroatoms. The van der Waals surface area contributed by atoms with Crippen LogP contribution in [0.25, 0.3) is 11.0 Å². The van der Waals surface area contributed by atoms with Crippen molar-refractivity contribution in [2.75, 3.05) is 0 Å². The van der Waals surface area contributed by atoms with E-state index in [9.17, 15) is 4.79 Å². The maximum absolute atomic E-state index is 11.9. The van der Waals surface area contributed by atoms with Gasteiger partial charge in [0.1, 0.15) is 28.3 Å². The maximum Gasteiger partial charge on any atom is 0.341 e. The van der Waals surface area contributed by atoms with E-state index in [4.69, 9.17) is 32.4 Å². The topological polar surface area (TPSA) is 52.3 Å². The van der Waals surface area contributed by atoms with Gasteiger partial charge < -0.3 is 9.15 Å². The van der Waals surface area contributed by atoms with Gasteiger partial charge in [-0.15, -0.1) is 0 Å². The molecule has 21 heavy (non-hydrogen) atoms. The number of aromatic nitrogens is 1. The van der Waals surface area contributed by atoms with Gasteiger partial charge in [-0.1, -0.05) is 41.4 Å². The van der Waals surface area contributed by atoms with E-state index in [1.807, 2.05) is 30.3 Å². The molecule has 4 nitrogen and oxygen atoms in total. The van der Waals surface area contributed by atoms with Crippen LogP contribution in [0.5, 0.6) is 0 Å². The normalized spacial score (nSPS) is 10.8. The minimum atomic E-state index is -0.579. The lowest BCUT2D eigenvalue weighted by Gasteiger charge is -2.04. The van der Waals surface area contributed by atoms with E-state index in [0.29, 0.717) is 5.76 Å². The zero-order valence-electron chi connectivity index (χ0n) is 10.7. The quantitative estimate of drug-likeness (QED) is 0.526. The lowest BCUT2D eigenvalue weighted by molar-refractivity contribution is 0.0447. The Morgan fingerprint density at radius 3 is 2.76 bits per heavy atom. The van der Waals surface area contributed by atoms with Crippen LogP contribution >= 0.6 is 23.2 Å². The van der Waals surface area contributed by atoms with Crippen molar-refractivity contribution in [3.05, 3.63) is 64.1 Å². The average Bonchev–Trinajstić information content (AvgIpc) is 2.87. The monoisotopic (exact) mass is 321 g/mol. The van der Waals surface area contributed by atoms with E-state index in [2.05, 4.69) is 4.98 Å². The van der Waals surface area contributed by atoms with Crippen molar-refractivity contribution in [3.63, 3.8) is 0 Å². The van der Waals surface area contributed by atoms with Gasteiger partial charge in [0.25, 0.3) is 0 Å². The van der Waals surface area contributed by atoms with Crippen LogP contribution in [0.2, 0.25) is 10.3 Å². The third-order valence-corrected chi connectivity index (χ3v) is 3.36. The lowest BCUT2D eigenvalue weighted by Crippen LogP contribution is -2.06. The van der Waals surface area contributed by atoms with Gasteiger partial charge in [-0.05, 0) is 24.3 Å². The van der Waals surface area contributed by atoms with Crippen LogP contribution in [0.1, 0.15) is 16.1 Å². The number of fused-ring (bicyclic) bond motifs is 1. The predicted octanol–water partition coefficient (Wildman–Crippen LogP) is 4.49. The second-order valence-electron chi connectivity index (χ2n) is 4.30. The lowest BCUT2D eigenvalue weighted by atomic mass is 10.2. The molecule has 0 fully saturated rings. The Kier molecular flexibility index (Phi) is 3.82. The third-order valence-electron chi connectivity index (χ3n) is 2.86. The number of furan rings is 1. The number of para-hydroxylation sites is 1. The highest BCUT2D eigenvalue weighted by atomic mass is 35.5. The molecule has 0 N–H and O–H groups in total. The molecule has 3 rings (SSSR count). The van der Waals surface area contributed by atoms with Gasteiger partial charge in [0.15, 0.2) is 0 Å². The molecule has 2 aromatic heterocycles. The summed E-state index contributed by atoms with van der Waals surface area (Å²) >= 11 is 11.5. The van der Waals surface area contributed by atoms with Gasteiger partial charge in [-0.3, -0.25) is 0 Å². The highest BCUT2D eigenvalue weighted by molar-refractivity contribution is 6.34. The zero-order chi connectivity index (χ0) is 14.8. The number of ether oxygens (including phenoxy) is 1. The van der Waals surface area contributed by atoms with Crippen LogP contribution in [0.3, 0.4) is 0 Å². The summed E-state index contributed by atoms with van der Waals surface area (Å²) < 4.78 is 10.7. The molecule has 0 saturated heterocycles. The predicted molar refractivity (Wildman–Crippen MR) is 79.6 cm³/mol. The molecular weight excluding hydrogens is 313 g/mol. The number of hydrogen-bond acceptors (Lipinski definition) is 4. The average molecular weight is 322 g/mol. The summed E-state index contributed by atoms with van der Waals surface area (Å²) in [5, 5.41) is 1.18. The van der Waals surface area contributed by atoms with Gasteiger partial charge in [0.2, 0.25) is 0 Å². The van der Waals surface area contributed by atoms with E-state index in [1.165, 1.54) is 12.1 Å². The fourth-order valence-corrected chi connectivity index (χ4v) is 2.31. The largest absolute Gasteiger partial charge is 0.457 e. The van der Waals surface area contributed by atoms with Crippen LogP contribution < -0.4 is 0 Å². The number of hydrogen-bond donors (Lipinski definition) is 0. The Morgan fingerprint density at radius 1 is 1.19 bits per heavy atom. The highest BCUT2D eigenvalue weighted by Gasteiger charge is 2.14. The van der Waals surface area contributed by atoms with Gasteiger partial charge in [0.05, 0.1) is 5.56 Å². The summed E-state index contributed by atoms with van der Waals surface area (Å²) in [6.45, 7) is 0.0203. The first kappa shape index (κ1) is 13.9. The number of benzene rings is 1. The van der Waals surface area contributed by atoms with Crippen molar-refractivity contribution in [2.45, 2.75) is 6.61 Å². The Balaban J connectivity index is 1.73. The first-order chi connectivity index (χ1) is 10.1. The minimum absolute atomic E-state index is 0.0112. The molecule has 0 aliphatic heterocycles. The van der Waals surface area contributed by atoms with Gasteiger partial charge in [0, 0.05) is 5.39 Å². The SMILES string of the molecule is O=C(OCc1cc2ccccc2o1)c1ccc(Cl)nc1Cl. The van der Waals surface area contributed by atoms with Crippen LogP contribution in [0, 0.1) is 0 Å². The molecule has 0 saturated carbocycles. The number of carbonyl (C=O) groups is 1. The highest BCUT2D eigenvalue weighted by Crippen LogP contribution is 2.21. The maximum atomic E-state index is 11.9. The van der Waals surface area contributed by atoms with E-state index >= 15 is 0 Å². The van der Waals surface area contributed by atoms with Crippen molar-refractivity contribution >= 4 is 40.1 Å². The first-order valence-corrected chi connectivity index (χ1v) is 6.86. The smallest absolute Gasteiger partial charge is 0.341 e. The van der Waals surface area contributed by atoms with Crippen LogP contribution in [0.4, 0.5) is 0 Å². The van der Waals surface area contributed by atoms with Crippen molar-refractivity contribution in [1.82, 2.24) is 4.98 Å².